The molecule has 6 rings (SSSR count). The maximum Gasteiger partial charge on any atom is 0.371 e. The molecule has 0 amide bonds. The molecule has 3 atom stereocenters. The second-order valence-corrected chi connectivity index (χ2v) is 10.1. The molecule has 14 nitrogen and oxygen atoms in total. The minimum absolute atomic E-state index is 0.00424. The van der Waals surface area contributed by atoms with E-state index in [0.29, 0.717) is 5.56 Å². The SMILES string of the molecule is COc1cc(O)c2c(c1)[C@]1(OC2=O)C(=C[C@H]2OC(=O)c3c(O)cc(OC)c4c(C(=O)O)cc(C)c2c34)C=C(C(=O)O)OC1O. The van der Waals surface area contributed by atoms with Crippen molar-refractivity contribution in [1.82, 2.24) is 0 Å². The lowest BCUT2D eigenvalue weighted by Gasteiger charge is -2.38. The van der Waals surface area contributed by atoms with Crippen molar-refractivity contribution < 1.29 is 68.4 Å². The fourth-order valence-electron chi connectivity index (χ4n) is 5.95. The molecule has 0 bridgehead atoms. The first-order valence-corrected chi connectivity index (χ1v) is 12.8. The minimum atomic E-state index is -2.28. The van der Waals surface area contributed by atoms with Crippen molar-refractivity contribution >= 4 is 34.6 Å². The number of phenols is 2. The summed E-state index contributed by atoms with van der Waals surface area (Å²) in [5, 5.41) is 52.2. The average molecular weight is 606 g/mol. The number of benzene rings is 3. The standard InChI is InChI=1S/C30H22O14/c1-10-4-13(25(33)34)21-17(41-3)9-16(32)23-24(21)20(10)18(42-27(23)37)5-11-6-19(26(35)36)43-29(39)30(11)14-7-12(40-2)8-15(31)22(14)28(38)44-30/h4-9,18,29,31-32,39H,1-3H3,(H,33,34)(H,35,36)/t18-,29?,30-/m1/s1. The van der Waals surface area contributed by atoms with E-state index in [1.54, 1.807) is 0 Å². The lowest BCUT2D eigenvalue weighted by atomic mass is 9.80. The Morgan fingerprint density at radius 1 is 0.909 bits per heavy atom. The molecule has 3 aromatic rings. The van der Waals surface area contributed by atoms with Crippen molar-refractivity contribution in [2.75, 3.05) is 14.2 Å². The number of aliphatic carboxylic acids is 1. The maximum absolute atomic E-state index is 13.3. The highest BCUT2D eigenvalue weighted by Crippen LogP contribution is 2.53. The van der Waals surface area contributed by atoms with Crippen LogP contribution in [0.3, 0.4) is 0 Å². The molecule has 3 aliphatic rings. The molecule has 3 aliphatic heterocycles. The van der Waals surface area contributed by atoms with Crippen LogP contribution in [0, 0.1) is 6.92 Å². The minimum Gasteiger partial charge on any atom is -0.507 e. The van der Waals surface area contributed by atoms with Gasteiger partial charge in [0.1, 0.15) is 40.2 Å². The number of carbonyl (C=O) groups excluding carboxylic acids is 2. The van der Waals surface area contributed by atoms with Gasteiger partial charge in [0, 0.05) is 39.6 Å². The van der Waals surface area contributed by atoms with Crippen LogP contribution in [0.2, 0.25) is 0 Å². The zero-order valence-electron chi connectivity index (χ0n) is 23.0. The van der Waals surface area contributed by atoms with Gasteiger partial charge in [-0.3, -0.25) is 0 Å². The number of carboxylic acids is 2. The lowest BCUT2D eigenvalue weighted by Crippen LogP contribution is -2.46. The Balaban J connectivity index is 1.69. The van der Waals surface area contributed by atoms with Crippen LogP contribution in [0.5, 0.6) is 23.0 Å². The summed E-state index contributed by atoms with van der Waals surface area (Å²) in [5.41, 5.74) is -3.06. The molecular formula is C30H22O14. The number of carbonyl (C=O) groups is 4. The molecule has 14 heteroatoms. The van der Waals surface area contributed by atoms with E-state index in [9.17, 15) is 44.7 Å². The molecule has 1 spiro atoms. The Labute approximate surface area is 246 Å². The van der Waals surface area contributed by atoms with Gasteiger partial charge in [-0.25, -0.2) is 19.2 Å². The third kappa shape index (κ3) is 3.77. The Bertz CT molecular complexity index is 1920. The van der Waals surface area contributed by atoms with Gasteiger partial charge in [-0.05, 0) is 36.8 Å². The van der Waals surface area contributed by atoms with Crippen LogP contribution in [-0.2, 0) is 24.6 Å². The fraction of sp³-hybridized carbons (Fsp3) is 0.200. The Morgan fingerprint density at radius 3 is 2.25 bits per heavy atom. The number of carboxylic acid groups (broad SMARTS) is 2. The monoisotopic (exact) mass is 606 g/mol. The molecule has 5 N–H and O–H groups in total. The number of aliphatic hydroxyl groups is 1. The quantitative estimate of drug-likeness (QED) is 0.264. The molecule has 1 unspecified atom stereocenters. The number of hydrogen-bond donors (Lipinski definition) is 5. The van der Waals surface area contributed by atoms with Gasteiger partial charge in [0.2, 0.25) is 17.7 Å². The summed E-state index contributed by atoms with van der Waals surface area (Å²) in [5.74, 6) is -6.90. The predicted molar refractivity (Wildman–Crippen MR) is 145 cm³/mol. The number of fused-ring (bicyclic) bond motifs is 2. The number of cyclic esters (lactones) is 1. The smallest absolute Gasteiger partial charge is 0.371 e. The summed E-state index contributed by atoms with van der Waals surface area (Å²) in [6.07, 6.45) is -1.43. The van der Waals surface area contributed by atoms with Crippen molar-refractivity contribution in [3.8, 4) is 23.0 Å². The average Bonchev–Trinajstić information content (AvgIpc) is 3.26. The molecule has 0 aliphatic carbocycles. The van der Waals surface area contributed by atoms with Gasteiger partial charge in [-0.15, -0.1) is 0 Å². The van der Waals surface area contributed by atoms with E-state index in [-0.39, 0.29) is 55.7 Å². The van der Waals surface area contributed by atoms with Gasteiger partial charge in [0.25, 0.3) is 0 Å². The van der Waals surface area contributed by atoms with E-state index in [4.69, 9.17) is 23.7 Å². The highest BCUT2D eigenvalue weighted by Gasteiger charge is 2.58. The molecule has 0 saturated heterocycles. The molecule has 44 heavy (non-hydrogen) atoms. The van der Waals surface area contributed by atoms with E-state index in [2.05, 4.69) is 0 Å². The topological polar surface area (TPSA) is 216 Å². The predicted octanol–water partition coefficient (Wildman–Crippen LogP) is 2.80. The first kappa shape index (κ1) is 28.4. The fourth-order valence-corrected chi connectivity index (χ4v) is 5.95. The second kappa shape index (κ2) is 9.64. The zero-order chi connectivity index (χ0) is 31.8. The summed E-state index contributed by atoms with van der Waals surface area (Å²) in [4.78, 5) is 50.6. The first-order valence-electron chi connectivity index (χ1n) is 12.8. The zero-order valence-corrected chi connectivity index (χ0v) is 23.0. The van der Waals surface area contributed by atoms with Gasteiger partial charge in [-0.1, -0.05) is 0 Å². The number of aliphatic hydroxyl groups excluding tert-OH is 1. The number of aromatic hydroxyl groups is 2. The molecule has 0 radical (unpaired) electrons. The Hall–Kier alpha value is -5.76. The molecule has 3 heterocycles. The Kier molecular flexibility index (Phi) is 6.21. The van der Waals surface area contributed by atoms with Crippen LogP contribution < -0.4 is 9.47 Å². The van der Waals surface area contributed by atoms with E-state index < -0.39 is 59.1 Å². The van der Waals surface area contributed by atoms with Crippen molar-refractivity contribution in [2.45, 2.75) is 24.9 Å². The van der Waals surface area contributed by atoms with Crippen molar-refractivity contribution in [2.24, 2.45) is 0 Å². The van der Waals surface area contributed by atoms with Gasteiger partial charge in [-0.2, -0.15) is 0 Å². The van der Waals surface area contributed by atoms with E-state index in [1.165, 1.54) is 39.4 Å². The van der Waals surface area contributed by atoms with E-state index >= 15 is 0 Å². The highest BCUT2D eigenvalue weighted by atomic mass is 16.7. The highest BCUT2D eigenvalue weighted by molar-refractivity contribution is 6.17. The van der Waals surface area contributed by atoms with Crippen LogP contribution >= 0.6 is 0 Å². The molecule has 0 aromatic heterocycles. The largest absolute Gasteiger partial charge is 0.507 e. The lowest BCUT2D eigenvalue weighted by molar-refractivity contribution is -0.191. The Morgan fingerprint density at radius 2 is 1.61 bits per heavy atom. The molecule has 226 valence electrons. The number of aryl methyl sites for hydroxylation is 1. The van der Waals surface area contributed by atoms with Crippen molar-refractivity contribution in [3.63, 3.8) is 0 Å². The van der Waals surface area contributed by atoms with Crippen LogP contribution in [0.15, 0.2) is 47.7 Å². The number of esters is 2. The number of ether oxygens (including phenoxy) is 5. The van der Waals surface area contributed by atoms with E-state index in [0.717, 1.165) is 18.2 Å². The van der Waals surface area contributed by atoms with Crippen LogP contribution in [0.25, 0.3) is 10.8 Å². The summed E-state index contributed by atoms with van der Waals surface area (Å²) >= 11 is 0. The molecular weight excluding hydrogens is 584 g/mol. The molecule has 0 fully saturated rings. The number of aromatic carboxylic acids is 1. The number of hydrogen-bond acceptors (Lipinski definition) is 12. The van der Waals surface area contributed by atoms with Crippen molar-refractivity contribution in [1.29, 1.82) is 0 Å². The normalized spacial score (nSPS) is 22.6. The summed E-state index contributed by atoms with van der Waals surface area (Å²) in [6.45, 7) is 1.53. The summed E-state index contributed by atoms with van der Waals surface area (Å²) in [6, 6.07) is 4.83. The van der Waals surface area contributed by atoms with Gasteiger partial charge in [0.15, 0.2) is 0 Å². The van der Waals surface area contributed by atoms with Crippen LogP contribution in [0.1, 0.15) is 53.9 Å². The number of phenolic OH excluding ortho intramolecular Hbond substituents is 2. The van der Waals surface area contributed by atoms with Gasteiger partial charge >= 0.3 is 23.9 Å². The molecule has 3 aromatic carbocycles. The number of rotatable bonds is 5. The first-order chi connectivity index (χ1) is 20.8. The second-order valence-electron chi connectivity index (χ2n) is 10.1. The summed E-state index contributed by atoms with van der Waals surface area (Å²) in [7, 11) is 2.54. The maximum atomic E-state index is 13.3. The van der Waals surface area contributed by atoms with Gasteiger partial charge in [0.05, 0.1) is 19.8 Å². The summed E-state index contributed by atoms with van der Waals surface area (Å²) < 4.78 is 27.1. The van der Waals surface area contributed by atoms with E-state index in [1.807, 2.05) is 0 Å². The third-order valence-corrected chi connectivity index (χ3v) is 7.80. The van der Waals surface area contributed by atoms with Crippen LogP contribution in [-0.4, -0.2) is 69.9 Å². The van der Waals surface area contributed by atoms with Gasteiger partial charge < -0.3 is 49.2 Å². The number of methoxy groups -OCH3 is 2. The molecule has 0 saturated carbocycles. The van der Waals surface area contributed by atoms with Crippen LogP contribution in [0.4, 0.5) is 0 Å². The van der Waals surface area contributed by atoms with Crippen molar-refractivity contribution in [3.05, 3.63) is 81.1 Å². The third-order valence-electron chi connectivity index (χ3n) is 7.80.